The van der Waals surface area contributed by atoms with Crippen LogP contribution in [0, 0.1) is 0 Å². The summed E-state index contributed by atoms with van der Waals surface area (Å²) in [4.78, 5) is 20.5. The molecular weight excluding hydrogens is 805 g/mol. The third-order valence-electron chi connectivity index (χ3n) is 12.7. The van der Waals surface area contributed by atoms with Gasteiger partial charge in [-0.25, -0.2) is 19.9 Å². The van der Waals surface area contributed by atoms with Crippen molar-refractivity contribution in [2.45, 2.75) is 0 Å². The first-order chi connectivity index (χ1) is 32.7. The number of nitrogens with zero attached hydrogens (tertiary/aromatic N) is 6. The molecule has 4 heterocycles. The minimum atomic E-state index is 0.688. The van der Waals surface area contributed by atoms with Gasteiger partial charge in [-0.3, -0.25) is 0 Å². The largest absolute Gasteiger partial charge is 0.309 e. The molecule has 13 aromatic rings. The van der Waals surface area contributed by atoms with Crippen molar-refractivity contribution < 1.29 is 0 Å². The summed E-state index contributed by atoms with van der Waals surface area (Å²) < 4.78 is 4.78. The van der Waals surface area contributed by atoms with Crippen LogP contribution in [-0.2, 0) is 0 Å². The molecule has 0 aliphatic heterocycles. The summed E-state index contributed by atoms with van der Waals surface area (Å²) in [7, 11) is 0. The molecule has 0 aliphatic carbocycles. The lowest BCUT2D eigenvalue weighted by Crippen LogP contribution is -1.97. The van der Waals surface area contributed by atoms with Gasteiger partial charge in [0.1, 0.15) is 0 Å². The number of hydrogen-bond acceptors (Lipinski definition) is 4. The highest BCUT2D eigenvalue weighted by atomic mass is 15.0. The summed E-state index contributed by atoms with van der Waals surface area (Å²) in [5.41, 5.74) is 17.1. The fourth-order valence-corrected chi connectivity index (χ4v) is 9.69. The van der Waals surface area contributed by atoms with E-state index in [1.807, 2.05) is 66.7 Å². The molecule has 0 N–H and O–H groups in total. The molecule has 6 heteroatoms. The topological polar surface area (TPSA) is 61.4 Å². The van der Waals surface area contributed by atoms with Gasteiger partial charge in [-0.15, -0.1) is 0 Å². The maximum atomic E-state index is 5.18. The van der Waals surface area contributed by atoms with Crippen molar-refractivity contribution in [2.75, 3.05) is 0 Å². The summed E-state index contributed by atoms with van der Waals surface area (Å²) in [6.07, 6.45) is 0. The van der Waals surface area contributed by atoms with E-state index in [9.17, 15) is 0 Å². The fraction of sp³-hybridized carbons (Fsp3) is 0. The van der Waals surface area contributed by atoms with E-state index >= 15 is 0 Å². The normalized spacial score (nSPS) is 11.6. The second-order valence-electron chi connectivity index (χ2n) is 16.6. The van der Waals surface area contributed by atoms with Crippen molar-refractivity contribution in [3.63, 3.8) is 0 Å². The van der Waals surface area contributed by atoms with Crippen LogP contribution in [0.5, 0.6) is 0 Å². The van der Waals surface area contributed by atoms with Gasteiger partial charge in [-0.1, -0.05) is 152 Å². The smallest absolute Gasteiger partial charge is 0.160 e. The van der Waals surface area contributed by atoms with Gasteiger partial charge in [0, 0.05) is 60.7 Å². The minimum absolute atomic E-state index is 0.688. The van der Waals surface area contributed by atoms with E-state index in [1.165, 1.54) is 21.5 Å². The van der Waals surface area contributed by atoms with E-state index < -0.39 is 0 Å². The van der Waals surface area contributed by atoms with E-state index in [-0.39, 0.29) is 0 Å². The van der Waals surface area contributed by atoms with E-state index in [1.54, 1.807) is 0 Å². The third kappa shape index (κ3) is 6.19. The molecule has 6 nitrogen and oxygen atoms in total. The molecule has 0 unspecified atom stereocenters. The molecule has 0 atom stereocenters. The van der Waals surface area contributed by atoms with Gasteiger partial charge in [-0.05, 0) is 78.9 Å². The molecule has 0 amide bonds. The second-order valence-corrected chi connectivity index (χ2v) is 16.6. The number of benzene rings is 9. The van der Waals surface area contributed by atoms with Crippen LogP contribution < -0.4 is 0 Å². The van der Waals surface area contributed by atoms with Crippen LogP contribution >= 0.6 is 0 Å². The van der Waals surface area contributed by atoms with Gasteiger partial charge >= 0.3 is 0 Å². The Morgan fingerprint density at radius 1 is 0.273 bits per heavy atom. The molecular formula is C60H38N6. The molecule has 0 saturated carbocycles. The summed E-state index contributed by atoms with van der Waals surface area (Å²) in [6.45, 7) is 0. The van der Waals surface area contributed by atoms with Crippen molar-refractivity contribution in [3.05, 3.63) is 231 Å². The van der Waals surface area contributed by atoms with Crippen LogP contribution in [0.2, 0.25) is 0 Å². The number of para-hydroxylation sites is 4. The first-order valence-corrected chi connectivity index (χ1v) is 22.2. The van der Waals surface area contributed by atoms with Crippen LogP contribution in [0.1, 0.15) is 0 Å². The molecule has 0 fully saturated rings. The Morgan fingerprint density at radius 3 is 1.12 bits per heavy atom. The second kappa shape index (κ2) is 15.4. The minimum Gasteiger partial charge on any atom is -0.309 e. The van der Waals surface area contributed by atoms with E-state index in [0.717, 1.165) is 95.1 Å². The van der Waals surface area contributed by atoms with Crippen molar-refractivity contribution in [3.8, 4) is 67.8 Å². The highest BCUT2D eigenvalue weighted by Gasteiger charge is 2.21. The predicted octanol–water partition coefficient (Wildman–Crippen LogP) is 14.9. The lowest BCUT2D eigenvalue weighted by atomic mass is 10.0. The number of rotatable bonds is 7. The van der Waals surface area contributed by atoms with Gasteiger partial charge in [0.15, 0.2) is 5.82 Å². The fourth-order valence-electron chi connectivity index (χ4n) is 9.69. The van der Waals surface area contributed by atoms with Crippen LogP contribution in [0.3, 0.4) is 0 Å². The highest BCUT2D eigenvalue weighted by molar-refractivity contribution is 6.29. The van der Waals surface area contributed by atoms with Crippen LogP contribution in [0.25, 0.3) is 122 Å². The monoisotopic (exact) mass is 842 g/mol. The lowest BCUT2D eigenvalue weighted by molar-refractivity contribution is 1.16. The molecule has 66 heavy (non-hydrogen) atoms. The summed E-state index contributed by atoms with van der Waals surface area (Å²) >= 11 is 0. The van der Waals surface area contributed by atoms with Gasteiger partial charge in [0.25, 0.3) is 0 Å². The van der Waals surface area contributed by atoms with Gasteiger partial charge in [0.2, 0.25) is 0 Å². The quantitative estimate of drug-likeness (QED) is 0.160. The van der Waals surface area contributed by atoms with E-state index in [0.29, 0.717) is 5.82 Å². The number of aromatic nitrogens is 6. The highest BCUT2D eigenvalue weighted by Crippen LogP contribution is 2.43. The summed E-state index contributed by atoms with van der Waals surface area (Å²) in [5.74, 6) is 0.688. The van der Waals surface area contributed by atoms with Crippen molar-refractivity contribution in [1.29, 1.82) is 0 Å². The summed E-state index contributed by atoms with van der Waals surface area (Å²) in [5, 5.41) is 4.86. The Morgan fingerprint density at radius 2 is 0.652 bits per heavy atom. The molecule has 0 saturated heterocycles. The molecule has 0 aliphatic rings. The third-order valence-corrected chi connectivity index (χ3v) is 12.7. The van der Waals surface area contributed by atoms with Gasteiger partial charge in [-0.2, -0.15) is 0 Å². The number of hydrogen-bond donors (Lipinski definition) is 0. The van der Waals surface area contributed by atoms with E-state index in [2.05, 4.69) is 173 Å². The zero-order chi connectivity index (χ0) is 43.6. The standard InChI is InChI=1S/C60H38N6/c1-4-16-39(17-5-1)50-38-51(40-18-6-2-7-19-40)64-60(63-50)43-30-34-45(35-31-43)66-53-27-15-11-23-47(53)57-55(66)37-36-54-56(57)46-22-10-14-26-52(46)65(54)44-32-28-42(29-33-44)59-58(41-20-8-3-9-21-41)61-48-24-12-13-25-49(48)62-59/h1-38H. The molecule has 4 aromatic heterocycles. The molecule has 0 bridgehead atoms. The van der Waals surface area contributed by atoms with Crippen LogP contribution in [0.4, 0.5) is 0 Å². The average molecular weight is 843 g/mol. The van der Waals surface area contributed by atoms with Gasteiger partial charge in [0.05, 0.1) is 55.9 Å². The zero-order valence-corrected chi connectivity index (χ0v) is 35.6. The Balaban J connectivity index is 0.940. The maximum absolute atomic E-state index is 5.18. The predicted molar refractivity (Wildman–Crippen MR) is 271 cm³/mol. The first kappa shape index (κ1) is 37.5. The molecule has 0 spiro atoms. The average Bonchev–Trinajstić information content (AvgIpc) is 3.92. The Hall–Kier alpha value is -9.00. The zero-order valence-electron chi connectivity index (χ0n) is 35.6. The van der Waals surface area contributed by atoms with E-state index in [4.69, 9.17) is 19.9 Å². The Bertz CT molecular complexity index is 3890. The van der Waals surface area contributed by atoms with Crippen LogP contribution in [-0.4, -0.2) is 29.1 Å². The molecule has 0 radical (unpaired) electrons. The SMILES string of the molecule is c1ccc(-c2cc(-c3ccccc3)nc(-c3ccc(-n4c5ccccc5c5c6c7ccccc7n(-c7ccc(-c8nc9ccccc9nc8-c8ccccc8)cc7)c6ccc54)cc3)n2)cc1. The lowest BCUT2D eigenvalue weighted by Gasteiger charge is -2.13. The Labute approximate surface area is 380 Å². The Kier molecular flexibility index (Phi) is 8.74. The van der Waals surface area contributed by atoms with Gasteiger partial charge < -0.3 is 9.13 Å². The van der Waals surface area contributed by atoms with Crippen molar-refractivity contribution in [2.24, 2.45) is 0 Å². The van der Waals surface area contributed by atoms with Crippen LogP contribution in [0.15, 0.2) is 231 Å². The maximum Gasteiger partial charge on any atom is 0.160 e. The number of fused-ring (bicyclic) bond motifs is 8. The molecule has 9 aromatic carbocycles. The van der Waals surface area contributed by atoms with Crippen molar-refractivity contribution >= 4 is 54.6 Å². The first-order valence-electron chi connectivity index (χ1n) is 22.2. The summed E-state index contributed by atoms with van der Waals surface area (Å²) in [6, 6.07) is 80.7. The molecule has 13 rings (SSSR count). The van der Waals surface area contributed by atoms with Crippen molar-refractivity contribution in [1.82, 2.24) is 29.1 Å². The molecule has 308 valence electrons.